The van der Waals surface area contributed by atoms with Gasteiger partial charge < -0.3 is 4.74 Å². The minimum atomic E-state index is -3.31. The summed E-state index contributed by atoms with van der Waals surface area (Å²) in [6.45, 7) is 0.0331. The second kappa shape index (κ2) is 6.00. The van der Waals surface area contributed by atoms with Crippen LogP contribution in [0.2, 0.25) is 0 Å². The van der Waals surface area contributed by atoms with E-state index >= 15 is 0 Å². The molecule has 0 radical (unpaired) electrons. The van der Waals surface area contributed by atoms with Crippen LogP contribution in [0.15, 0.2) is 52.6 Å². The number of carbonyl (C=O) groups excluding carboxylic acids is 2. The number of ether oxygens (including phenoxy) is 1. The molecule has 0 bridgehead atoms. The van der Waals surface area contributed by atoms with E-state index in [1.807, 2.05) is 0 Å². The second-order valence-corrected chi connectivity index (χ2v) is 8.90. The number of rotatable bonds is 3. The Morgan fingerprint density at radius 2 is 1.77 bits per heavy atom. The van der Waals surface area contributed by atoms with Crippen LogP contribution in [0.1, 0.15) is 16.9 Å². The molecule has 0 N–H and O–H groups in total. The Morgan fingerprint density at radius 3 is 2.38 bits per heavy atom. The van der Waals surface area contributed by atoms with Crippen molar-refractivity contribution in [3.8, 4) is 0 Å². The molecule has 6 nitrogen and oxygen atoms in total. The van der Waals surface area contributed by atoms with E-state index in [1.54, 1.807) is 24.4 Å². The van der Waals surface area contributed by atoms with E-state index in [0.29, 0.717) is 32.7 Å². The van der Waals surface area contributed by atoms with Gasteiger partial charge in [-0.05, 0) is 35.3 Å². The number of benzene rings is 1. The lowest BCUT2D eigenvalue weighted by Crippen LogP contribution is -2.18. The number of esters is 1. The summed E-state index contributed by atoms with van der Waals surface area (Å²) in [6, 6.07) is 8.13. The molecule has 0 saturated heterocycles. The normalized spacial score (nSPS) is 17.6. The predicted molar refractivity (Wildman–Crippen MR) is 96.1 cm³/mol. The topological polar surface area (TPSA) is 90.4 Å². The van der Waals surface area contributed by atoms with Gasteiger partial charge >= 0.3 is 5.97 Å². The molecule has 2 heterocycles. The fourth-order valence-corrected chi connectivity index (χ4v) is 4.44. The van der Waals surface area contributed by atoms with Gasteiger partial charge in [-0.1, -0.05) is 12.1 Å². The van der Waals surface area contributed by atoms with Crippen LogP contribution in [0.5, 0.6) is 0 Å². The molecule has 0 atom stereocenters. The van der Waals surface area contributed by atoms with Crippen LogP contribution in [-0.2, 0) is 24.2 Å². The molecule has 8 heteroatoms. The molecular weight excluding hydrogens is 374 g/mol. The molecular formula is C18H13NO5S2. The SMILES string of the molecule is CS(=O)(=O)c1ccc(C2=C(c3ccns3)C(=O)C3=C2COC(=O)C3)cc1. The molecule has 1 aliphatic carbocycles. The van der Waals surface area contributed by atoms with Crippen molar-refractivity contribution < 1.29 is 22.7 Å². The van der Waals surface area contributed by atoms with Gasteiger partial charge in [0.05, 0.1) is 16.2 Å². The Kier molecular flexibility index (Phi) is 3.89. The summed E-state index contributed by atoms with van der Waals surface area (Å²) < 4.78 is 32.6. The van der Waals surface area contributed by atoms with E-state index in [2.05, 4.69) is 4.37 Å². The number of Topliss-reactive ketones (excluding diaryl/α,β-unsaturated/α-hetero) is 1. The first-order chi connectivity index (χ1) is 12.4. The molecule has 0 saturated carbocycles. The first-order valence-corrected chi connectivity index (χ1v) is 10.4. The van der Waals surface area contributed by atoms with Gasteiger partial charge in [-0.3, -0.25) is 9.59 Å². The van der Waals surface area contributed by atoms with Crippen molar-refractivity contribution in [2.24, 2.45) is 0 Å². The Hall–Kier alpha value is -2.58. The molecule has 0 amide bonds. The van der Waals surface area contributed by atoms with Crippen LogP contribution in [0, 0.1) is 0 Å². The van der Waals surface area contributed by atoms with Gasteiger partial charge in [0.15, 0.2) is 15.6 Å². The third-order valence-corrected chi connectivity index (χ3v) is 6.26. The molecule has 1 aromatic carbocycles. The van der Waals surface area contributed by atoms with Crippen LogP contribution in [-0.4, -0.2) is 37.4 Å². The molecule has 0 unspecified atom stereocenters. The number of hydrogen-bond acceptors (Lipinski definition) is 7. The fourth-order valence-electron chi connectivity index (χ4n) is 3.16. The van der Waals surface area contributed by atoms with E-state index in [9.17, 15) is 18.0 Å². The molecule has 1 aliphatic heterocycles. The van der Waals surface area contributed by atoms with Crippen molar-refractivity contribution in [2.45, 2.75) is 11.3 Å². The Balaban J connectivity index is 1.91. The number of cyclic esters (lactones) is 1. The lowest BCUT2D eigenvalue weighted by atomic mass is 9.96. The quantitative estimate of drug-likeness (QED) is 0.751. The van der Waals surface area contributed by atoms with Crippen LogP contribution in [0.25, 0.3) is 11.1 Å². The zero-order chi connectivity index (χ0) is 18.5. The minimum Gasteiger partial charge on any atom is -0.461 e. The van der Waals surface area contributed by atoms with Gasteiger partial charge in [0, 0.05) is 34.7 Å². The maximum atomic E-state index is 13.0. The summed E-state index contributed by atoms with van der Waals surface area (Å²) in [5.41, 5.74) is 3.01. The van der Waals surface area contributed by atoms with E-state index in [-0.39, 0.29) is 23.7 Å². The number of sulfone groups is 1. The number of allylic oxidation sites excluding steroid dienone is 1. The molecule has 0 fully saturated rings. The minimum absolute atomic E-state index is 0.0331. The van der Waals surface area contributed by atoms with Crippen molar-refractivity contribution in [1.29, 1.82) is 0 Å². The van der Waals surface area contributed by atoms with Crippen molar-refractivity contribution in [3.05, 3.63) is 58.1 Å². The third-order valence-electron chi connectivity index (χ3n) is 4.37. The van der Waals surface area contributed by atoms with Crippen molar-refractivity contribution in [2.75, 3.05) is 12.9 Å². The lowest BCUT2D eigenvalue weighted by Gasteiger charge is -2.16. The third kappa shape index (κ3) is 2.71. The summed E-state index contributed by atoms with van der Waals surface area (Å²) >= 11 is 1.20. The van der Waals surface area contributed by atoms with Crippen LogP contribution >= 0.6 is 11.5 Å². The molecule has 4 rings (SSSR count). The second-order valence-electron chi connectivity index (χ2n) is 6.05. The molecule has 132 valence electrons. The molecule has 2 aliphatic rings. The standard InChI is InChI=1S/C18H13NO5S2/c1-26(22,23)11-4-2-10(3-5-11)16-13-9-24-15(20)8-12(13)18(21)17(16)14-6-7-19-25-14/h2-7H,8-9H2,1H3. The average molecular weight is 387 g/mol. The summed E-state index contributed by atoms with van der Waals surface area (Å²) in [7, 11) is -3.31. The summed E-state index contributed by atoms with van der Waals surface area (Å²) in [6.07, 6.45) is 2.70. The van der Waals surface area contributed by atoms with E-state index in [4.69, 9.17) is 4.74 Å². The Bertz CT molecular complexity index is 1090. The smallest absolute Gasteiger partial charge is 0.310 e. The van der Waals surface area contributed by atoms with Gasteiger partial charge in [0.1, 0.15) is 6.61 Å². The van der Waals surface area contributed by atoms with Crippen LogP contribution in [0.3, 0.4) is 0 Å². The van der Waals surface area contributed by atoms with Crippen LogP contribution in [0.4, 0.5) is 0 Å². The van der Waals surface area contributed by atoms with E-state index in [1.165, 1.54) is 23.7 Å². The first-order valence-electron chi connectivity index (χ1n) is 7.75. The van der Waals surface area contributed by atoms with E-state index < -0.39 is 15.8 Å². The highest BCUT2D eigenvalue weighted by atomic mass is 32.2. The van der Waals surface area contributed by atoms with Gasteiger partial charge in [0.25, 0.3) is 0 Å². The van der Waals surface area contributed by atoms with Gasteiger partial charge in [-0.25, -0.2) is 12.8 Å². The number of ketones is 1. The summed E-state index contributed by atoms with van der Waals surface area (Å²) in [4.78, 5) is 25.5. The Labute approximate surface area is 153 Å². The van der Waals surface area contributed by atoms with Gasteiger partial charge in [-0.15, -0.1) is 0 Å². The van der Waals surface area contributed by atoms with Crippen molar-refractivity contribution >= 4 is 44.3 Å². The first kappa shape index (κ1) is 16.9. The zero-order valence-corrected chi connectivity index (χ0v) is 15.3. The summed E-state index contributed by atoms with van der Waals surface area (Å²) in [5, 5.41) is 0. The molecule has 0 spiro atoms. The molecule has 26 heavy (non-hydrogen) atoms. The summed E-state index contributed by atoms with van der Waals surface area (Å²) in [5.74, 6) is -0.613. The maximum absolute atomic E-state index is 13.0. The monoisotopic (exact) mass is 387 g/mol. The number of carbonyl (C=O) groups is 2. The number of aromatic nitrogens is 1. The largest absolute Gasteiger partial charge is 0.461 e. The predicted octanol–water partition coefficient (Wildman–Crippen LogP) is 2.28. The van der Waals surface area contributed by atoms with Crippen molar-refractivity contribution in [1.82, 2.24) is 4.37 Å². The lowest BCUT2D eigenvalue weighted by molar-refractivity contribution is -0.143. The maximum Gasteiger partial charge on any atom is 0.310 e. The van der Waals surface area contributed by atoms with Crippen LogP contribution < -0.4 is 0 Å². The fraction of sp³-hybridized carbons (Fsp3) is 0.167. The highest BCUT2D eigenvalue weighted by molar-refractivity contribution is 7.90. The molecule has 2 aromatic rings. The van der Waals surface area contributed by atoms with Gasteiger partial charge in [0.2, 0.25) is 0 Å². The van der Waals surface area contributed by atoms with Gasteiger partial charge in [-0.2, -0.15) is 0 Å². The highest BCUT2D eigenvalue weighted by Gasteiger charge is 2.38. The van der Waals surface area contributed by atoms with E-state index in [0.717, 1.165) is 6.26 Å². The number of hydrogen-bond donors (Lipinski definition) is 0. The zero-order valence-electron chi connectivity index (χ0n) is 13.7. The average Bonchev–Trinajstić information content (AvgIpc) is 3.21. The highest BCUT2D eigenvalue weighted by Crippen LogP contribution is 2.45. The van der Waals surface area contributed by atoms with Crippen molar-refractivity contribution in [3.63, 3.8) is 0 Å². The molecule has 1 aromatic heterocycles. The number of nitrogens with zero attached hydrogens (tertiary/aromatic N) is 1. The Morgan fingerprint density at radius 1 is 1.04 bits per heavy atom.